The Kier molecular flexibility index (Phi) is 8.33. The van der Waals surface area contributed by atoms with Crippen molar-refractivity contribution in [3.63, 3.8) is 0 Å². The summed E-state index contributed by atoms with van der Waals surface area (Å²) in [6, 6.07) is 4.35. The van der Waals surface area contributed by atoms with E-state index in [0.717, 1.165) is 6.42 Å². The van der Waals surface area contributed by atoms with Crippen molar-refractivity contribution in [1.29, 1.82) is 0 Å². The molecule has 38 heavy (non-hydrogen) atoms. The number of nitrogens with zero attached hydrogens (tertiary/aromatic N) is 2. The highest BCUT2D eigenvalue weighted by molar-refractivity contribution is 5.96. The molecule has 0 saturated carbocycles. The molecule has 2 aromatic rings. The lowest BCUT2D eigenvalue weighted by Gasteiger charge is -2.34. The second-order valence-electron chi connectivity index (χ2n) is 10.7. The number of hydrogen-bond acceptors (Lipinski definition) is 6. The standard InChI is InChI=1S/C28H36F3N3O4/c1-9-10-20(34-25(35)38-26(4,5)6)17(3)32-15-27(7)14-16(2)22-19-13-18(36-8)11-12-21(19)33-24(23(22)37-27)28(29,30)31/h11-14,20H,9-10,15H2,1-8H3,(H,34,35). The average Bonchev–Trinajstić information content (AvgIpc) is 2.79. The predicted molar refractivity (Wildman–Crippen MR) is 142 cm³/mol. The zero-order valence-electron chi connectivity index (χ0n) is 23.2. The first-order valence-corrected chi connectivity index (χ1v) is 12.5. The van der Waals surface area contributed by atoms with Crippen LogP contribution in [0.3, 0.4) is 0 Å². The number of aromatic nitrogens is 1. The number of allylic oxidation sites excluding steroid dienone is 1. The fourth-order valence-corrected chi connectivity index (χ4v) is 4.42. The van der Waals surface area contributed by atoms with Gasteiger partial charge >= 0.3 is 12.3 Å². The molecule has 2 unspecified atom stereocenters. The molecule has 0 aliphatic carbocycles. The van der Waals surface area contributed by atoms with Crippen molar-refractivity contribution < 1.29 is 32.2 Å². The molecular weight excluding hydrogens is 499 g/mol. The number of benzene rings is 1. The summed E-state index contributed by atoms with van der Waals surface area (Å²) < 4.78 is 59.0. The van der Waals surface area contributed by atoms with Gasteiger partial charge in [-0.05, 0) is 77.8 Å². The SMILES string of the molecule is CCCC(NC(=O)OC(C)(C)C)C(C)=NCC1(C)C=C(C)c2c(c(C(F)(F)F)nc3ccc(OC)cc23)O1. The van der Waals surface area contributed by atoms with E-state index in [9.17, 15) is 18.0 Å². The van der Waals surface area contributed by atoms with Crippen LogP contribution in [0.25, 0.3) is 16.5 Å². The second-order valence-corrected chi connectivity index (χ2v) is 10.7. The van der Waals surface area contributed by atoms with Crippen LogP contribution in [0, 0.1) is 0 Å². The minimum absolute atomic E-state index is 0.0409. The highest BCUT2D eigenvalue weighted by Gasteiger charge is 2.42. The molecular formula is C28H36F3N3O4. The molecule has 0 bridgehead atoms. The van der Waals surface area contributed by atoms with Crippen molar-refractivity contribution in [3.8, 4) is 11.5 Å². The molecule has 0 saturated heterocycles. The number of nitrogens with one attached hydrogen (secondary N) is 1. The van der Waals surface area contributed by atoms with Crippen LogP contribution in [0.5, 0.6) is 11.5 Å². The number of aliphatic imine (C=N–C) groups is 1. The quantitative estimate of drug-likeness (QED) is 0.387. The third kappa shape index (κ3) is 6.76. The maximum absolute atomic E-state index is 14.1. The molecule has 7 nitrogen and oxygen atoms in total. The topological polar surface area (TPSA) is 82.0 Å². The summed E-state index contributed by atoms with van der Waals surface area (Å²) in [6.45, 7) is 12.6. The maximum Gasteiger partial charge on any atom is 0.437 e. The van der Waals surface area contributed by atoms with Gasteiger partial charge in [0.1, 0.15) is 17.0 Å². The van der Waals surface area contributed by atoms with Gasteiger partial charge in [0.25, 0.3) is 0 Å². The molecule has 0 fully saturated rings. The van der Waals surface area contributed by atoms with Crippen molar-refractivity contribution in [2.45, 2.75) is 84.7 Å². The Labute approximate surface area is 221 Å². The molecule has 2 heterocycles. The van der Waals surface area contributed by atoms with Crippen LogP contribution in [0.1, 0.15) is 72.6 Å². The van der Waals surface area contributed by atoms with E-state index in [1.54, 1.807) is 59.8 Å². The Morgan fingerprint density at radius 2 is 1.95 bits per heavy atom. The van der Waals surface area contributed by atoms with Crippen LogP contribution in [-0.4, -0.2) is 47.7 Å². The molecule has 0 radical (unpaired) electrons. The summed E-state index contributed by atoms with van der Waals surface area (Å²) in [5.74, 6) is 0.174. The molecule has 3 rings (SSSR count). The van der Waals surface area contributed by atoms with E-state index < -0.39 is 29.2 Å². The highest BCUT2D eigenvalue weighted by Crippen LogP contribution is 2.47. The lowest BCUT2D eigenvalue weighted by molar-refractivity contribution is -0.143. The summed E-state index contributed by atoms with van der Waals surface area (Å²) in [7, 11) is 1.49. The fraction of sp³-hybridized carbons (Fsp3) is 0.536. The average molecular weight is 536 g/mol. The fourth-order valence-electron chi connectivity index (χ4n) is 4.42. The molecule has 10 heteroatoms. The van der Waals surface area contributed by atoms with E-state index in [1.165, 1.54) is 13.2 Å². The summed E-state index contributed by atoms with van der Waals surface area (Å²) >= 11 is 0. The smallest absolute Gasteiger partial charge is 0.437 e. The number of ether oxygens (including phenoxy) is 3. The zero-order valence-corrected chi connectivity index (χ0v) is 23.2. The largest absolute Gasteiger partial charge is 0.497 e. The number of halogens is 3. The van der Waals surface area contributed by atoms with Crippen molar-refractivity contribution in [2.24, 2.45) is 4.99 Å². The predicted octanol–water partition coefficient (Wildman–Crippen LogP) is 6.97. The molecule has 0 spiro atoms. The minimum Gasteiger partial charge on any atom is -0.497 e. The number of fused-ring (bicyclic) bond motifs is 3. The molecule has 1 aromatic carbocycles. The molecule has 1 aromatic heterocycles. The highest BCUT2D eigenvalue weighted by atomic mass is 19.4. The van der Waals surface area contributed by atoms with Crippen LogP contribution in [0.2, 0.25) is 0 Å². The van der Waals surface area contributed by atoms with Gasteiger partial charge in [0, 0.05) is 16.7 Å². The van der Waals surface area contributed by atoms with Crippen LogP contribution in [0.15, 0.2) is 29.3 Å². The first kappa shape index (κ1) is 29.3. The first-order chi connectivity index (χ1) is 17.6. The molecule has 208 valence electrons. The van der Waals surface area contributed by atoms with Gasteiger partial charge in [0.05, 0.1) is 25.2 Å². The summed E-state index contributed by atoms with van der Waals surface area (Å²) in [6.07, 6.45) is -2.09. The van der Waals surface area contributed by atoms with E-state index in [4.69, 9.17) is 14.2 Å². The minimum atomic E-state index is -4.72. The third-order valence-corrected chi connectivity index (χ3v) is 6.08. The van der Waals surface area contributed by atoms with Crippen molar-refractivity contribution in [1.82, 2.24) is 10.3 Å². The Hall–Kier alpha value is -3.30. The Morgan fingerprint density at radius 1 is 1.26 bits per heavy atom. The number of carbonyl (C=O) groups is 1. The van der Waals surface area contributed by atoms with E-state index >= 15 is 0 Å². The summed E-state index contributed by atoms with van der Waals surface area (Å²) in [4.78, 5) is 20.9. The number of alkyl halides is 3. The normalized spacial score (nSPS) is 18.8. The molecule has 1 aliphatic heterocycles. The van der Waals surface area contributed by atoms with E-state index in [1.807, 2.05) is 6.92 Å². The Morgan fingerprint density at radius 3 is 2.53 bits per heavy atom. The van der Waals surface area contributed by atoms with Gasteiger partial charge in [-0.2, -0.15) is 13.2 Å². The second kappa shape index (κ2) is 10.8. The Balaban J connectivity index is 1.98. The van der Waals surface area contributed by atoms with Gasteiger partial charge < -0.3 is 19.5 Å². The van der Waals surface area contributed by atoms with Gasteiger partial charge in [-0.25, -0.2) is 9.78 Å². The van der Waals surface area contributed by atoms with E-state index in [2.05, 4.69) is 15.3 Å². The molecule has 1 N–H and O–H groups in total. The Bertz CT molecular complexity index is 1260. The lowest BCUT2D eigenvalue weighted by Crippen LogP contribution is -2.43. The van der Waals surface area contributed by atoms with Crippen molar-refractivity contribution in [2.75, 3.05) is 13.7 Å². The van der Waals surface area contributed by atoms with E-state index in [0.29, 0.717) is 34.4 Å². The van der Waals surface area contributed by atoms with Crippen LogP contribution in [-0.2, 0) is 10.9 Å². The maximum atomic E-state index is 14.1. The summed E-state index contributed by atoms with van der Waals surface area (Å²) in [5, 5.41) is 3.35. The third-order valence-electron chi connectivity index (χ3n) is 6.08. The van der Waals surface area contributed by atoms with Gasteiger partial charge in [-0.3, -0.25) is 4.99 Å². The molecule has 1 amide bonds. The van der Waals surface area contributed by atoms with Gasteiger partial charge in [-0.1, -0.05) is 13.3 Å². The first-order valence-electron chi connectivity index (χ1n) is 12.5. The number of amides is 1. The van der Waals surface area contributed by atoms with Crippen LogP contribution < -0.4 is 14.8 Å². The molecule has 1 aliphatic rings. The van der Waals surface area contributed by atoms with E-state index in [-0.39, 0.29) is 23.9 Å². The van der Waals surface area contributed by atoms with Crippen LogP contribution in [0.4, 0.5) is 18.0 Å². The number of carbonyl (C=O) groups excluding carboxylic acids is 1. The lowest BCUT2D eigenvalue weighted by atomic mass is 9.91. The summed E-state index contributed by atoms with van der Waals surface area (Å²) in [5.41, 5.74) is -1.14. The number of alkyl carbamates (subject to hydrolysis) is 1. The number of pyridine rings is 1. The monoisotopic (exact) mass is 535 g/mol. The molecule has 2 atom stereocenters. The number of hydrogen-bond donors (Lipinski definition) is 1. The van der Waals surface area contributed by atoms with Crippen LogP contribution >= 0.6 is 0 Å². The van der Waals surface area contributed by atoms with Gasteiger partial charge in [0.15, 0.2) is 11.4 Å². The van der Waals surface area contributed by atoms with Crippen molar-refractivity contribution in [3.05, 3.63) is 35.5 Å². The number of methoxy groups -OCH3 is 1. The zero-order chi connectivity index (χ0) is 28.5. The number of rotatable bonds is 7. The van der Waals surface area contributed by atoms with Gasteiger partial charge in [-0.15, -0.1) is 0 Å². The van der Waals surface area contributed by atoms with Gasteiger partial charge in [0.2, 0.25) is 0 Å². The van der Waals surface area contributed by atoms with Crippen molar-refractivity contribution >= 4 is 28.3 Å².